The zero-order valence-electron chi connectivity index (χ0n) is 11.8. The summed E-state index contributed by atoms with van der Waals surface area (Å²) in [5.41, 5.74) is 0. The fourth-order valence-corrected chi connectivity index (χ4v) is 3.41. The molecule has 1 aliphatic carbocycles. The first kappa shape index (κ1) is 14.2. The highest BCUT2D eigenvalue weighted by atomic mass is 16.4. The summed E-state index contributed by atoms with van der Waals surface area (Å²) in [7, 11) is 0. The highest BCUT2D eigenvalue weighted by Gasteiger charge is 2.34. The Kier molecular flexibility index (Phi) is 4.32. The number of piperidine rings is 1. The normalized spacial score (nSPS) is 35.2. The Morgan fingerprint density at radius 1 is 1.11 bits per heavy atom. The molecule has 0 spiro atoms. The molecule has 4 atom stereocenters. The third-order valence-corrected chi connectivity index (χ3v) is 4.54. The molecule has 2 amide bonds. The van der Waals surface area contributed by atoms with Gasteiger partial charge >= 0.3 is 12.0 Å². The van der Waals surface area contributed by atoms with E-state index in [9.17, 15) is 9.59 Å². The maximum atomic E-state index is 12.3. The van der Waals surface area contributed by atoms with Gasteiger partial charge in [0.2, 0.25) is 0 Å². The molecule has 19 heavy (non-hydrogen) atoms. The number of nitrogens with one attached hydrogen (secondary N) is 1. The summed E-state index contributed by atoms with van der Waals surface area (Å²) in [6, 6.07) is 0.562. The first-order valence-corrected chi connectivity index (χ1v) is 7.30. The number of carboxylic acid groups (broad SMARTS) is 1. The van der Waals surface area contributed by atoms with E-state index in [1.165, 1.54) is 6.42 Å². The Bertz CT molecular complexity index is 349. The first-order valence-electron chi connectivity index (χ1n) is 7.30. The van der Waals surface area contributed by atoms with E-state index in [2.05, 4.69) is 19.2 Å². The van der Waals surface area contributed by atoms with Gasteiger partial charge in [-0.3, -0.25) is 4.79 Å². The Labute approximate surface area is 114 Å². The van der Waals surface area contributed by atoms with E-state index in [0.717, 1.165) is 19.3 Å². The van der Waals surface area contributed by atoms with Gasteiger partial charge in [0.05, 0.1) is 5.92 Å². The number of urea groups is 1. The van der Waals surface area contributed by atoms with Crippen LogP contribution in [-0.2, 0) is 4.79 Å². The lowest BCUT2D eigenvalue weighted by molar-refractivity contribution is -0.141. The van der Waals surface area contributed by atoms with Crippen LogP contribution in [0.5, 0.6) is 0 Å². The molecule has 0 aromatic carbocycles. The van der Waals surface area contributed by atoms with E-state index in [4.69, 9.17) is 5.11 Å². The zero-order chi connectivity index (χ0) is 14.0. The van der Waals surface area contributed by atoms with Crippen LogP contribution in [0.15, 0.2) is 0 Å². The number of aliphatic carboxylic acids is 1. The summed E-state index contributed by atoms with van der Waals surface area (Å²) >= 11 is 0. The number of carbonyl (C=O) groups is 2. The molecule has 2 rings (SSSR count). The van der Waals surface area contributed by atoms with Gasteiger partial charge in [0.1, 0.15) is 0 Å². The highest BCUT2D eigenvalue weighted by molar-refractivity contribution is 5.76. The minimum absolute atomic E-state index is 0.0178. The van der Waals surface area contributed by atoms with Crippen LogP contribution < -0.4 is 5.32 Å². The molecular weight excluding hydrogens is 244 g/mol. The Morgan fingerprint density at radius 2 is 1.74 bits per heavy atom. The van der Waals surface area contributed by atoms with Gasteiger partial charge in [0.25, 0.3) is 0 Å². The predicted molar refractivity (Wildman–Crippen MR) is 71.9 cm³/mol. The van der Waals surface area contributed by atoms with Gasteiger partial charge in [-0.05, 0) is 52.4 Å². The molecule has 2 unspecified atom stereocenters. The van der Waals surface area contributed by atoms with E-state index in [1.807, 2.05) is 4.90 Å². The second-order valence-corrected chi connectivity index (χ2v) is 6.03. The Morgan fingerprint density at radius 3 is 2.26 bits per heavy atom. The molecule has 0 bridgehead atoms. The molecule has 108 valence electrons. The number of hydrogen-bond donors (Lipinski definition) is 2. The van der Waals surface area contributed by atoms with E-state index < -0.39 is 5.97 Å². The first-order chi connectivity index (χ1) is 8.99. The van der Waals surface area contributed by atoms with Gasteiger partial charge in [-0.1, -0.05) is 0 Å². The van der Waals surface area contributed by atoms with Gasteiger partial charge in [-0.2, -0.15) is 0 Å². The SMILES string of the molecule is CC1CCCC(C)N1C(=O)N[C@H]1CC[C@@H](C(=O)O)C1. The lowest BCUT2D eigenvalue weighted by Gasteiger charge is -2.39. The number of hydrogen-bond acceptors (Lipinski definition) is 2. The van der Waals surface area contributed by atoms with Crippen molar-refractivity contribution in [3.63, 3.8) is 0 Å². The van der Waals surface area contributed by atoms with Crippen molar-refractivity contribution in [3.8, 4) is 0 Å². The second kappa shape index (κ2) is 5.80. The van der Waals surface area contributed by atoms with E-state index in [0.29, 0.717) is 12.8 Å². The standard InChI is InChI=1S/C14H24N2O3/c1-9-4-3-5-10(2)16(9)14(19)15-12-7-6-11(8-12)13(17)18/h9-12H,3-8H2,1-2H3,(H,15,19)(H,17,18)/t9?,10?,11-,12+/m1/s1. The molecule has 2 fully saturated rings. The maximum Gasteiger partial charge on any atom is 0.318 e. The maximum absolute atomic E-state index is 12.3. The summed E-state index contributed by atoms with van der Waals surface area (Å²) in [5.74, 6) is -1.03. The van der Waals surface area contributed by atoms with Crippen molar-refractivity contribution in [2.75, 3.05) is 0 Å². The molecule has 2 N–H and O–H groups in total. The van der Waals surface area contributed by atoms with Crippen LogP contribution in [0.25, 0.3) is 0 Å². The molecule has 5 heteroatoms. The summed E-state index contributed by atoms with van der Waals surface area (Å²) in [6.07, 6.45) is 5.30. The number of amides is 2. The molecule has 1 saturated heterocycles. The zero-order valence-corrected chi connectivity index (χ0v) is 11.8. The van der Waals surface area contributed by atoms with Gasteiger partial charge in [0, 0.05) is 18.1 Å². The van der Waals surface area contributed by atoms with Crippen LogP contribution >= 0.6 is 0 Å². The van der Waals surface area contributed by atoms with Crippen molar-refractivity contribution in [1.82, 2.24) is 10.2 Å². The fraction of sp³-hybridized carbons (Fsp3) is 0.857. The summed E-state index contributed by atoms with van der Waals surface area (Å²) in [4.78, 5) is 25.2. The molecule has 1 aliphatic heterocycles. The van der Waals surface area contributed by atoms with Crippen molar-refractivity contribution < 1.29 is 14.7 Å². The van der Waals surface area contributed by atoms with Crippen molar-refractivity contribution in [1.29, 1.82) is 0 Å². The van der Waals surface area contributed by atoms with Crippen LogP contribution in [0.1, 0.15) is 52.4 Å². The number of carboxylic acids is 1. The van der Waals surface area contributed by atoms with Gasteiger partial charge < -0.3 is 15.3 Å². The fourth-order valence-electron chi connectivity index (χ4n) is 3.41. The topological polar surface area (TPSA) is 69.6 Å². The highest BCUT2D eigenvalue weighted by Crippen LogP contribution is 2.27. The van der Waals surface area contributed by atoms with E-state index in [1.54, 1.807) is 0 Å². The van der Waals surface area contributed by atoms with Crippen LogP contribution in [0.4, 0.5) is 4.79 Å². The summed E-state index contributed by atoms with van der Waals surface area (Å²) < 4.78 is 0. The van der Waals surface area contributed by atoms with E-state index >= 15 is 0 Å². The molecule has 1 heterocycles. The number of nitrogens with zero attached hydrogens (tertiary/aromatic N) is 1. The molecular formula is C14H24N2O3. The van der Waals surface area contributed by atoms with Crippen LogP contribution in [-0.4, -0.2) is 40.1 Å². The van der Waals surface area contributed by atoms with Crippen molar-refractivity contribution >= 4 is 12.0 Å². The molecule has 0 radical (unpaired) electrons. The Balaban J connectivity index is 1.89. The average molecular weight is 268 g/mol. The van der Waals surface area contributed by atoms with Crippen LogP contribution in [0, 0.1) is 5.92 Å². The summed E-state index contributed by atoms with van der Waals surface area (Å²) in [5, 5.41) is 12.0. The predicted octanol–water partition coefficient (Wildman–Crippen LogP) is 2.21. The van der Waals surface area contributed by atoms with Gasteiger partial charge in [0.15, 0.2) is 0 Å². The number of likely N-dealkylation sites (tertiary alicyclic amines) is 1. The minimum Gasteiger partial charge on any atom is -0.481 e. The quantitative estimate of drug-likeness (QED) is 0.806. The van der Waals surface area contributed by atoms with Crippen molar-refractivity contribution in [3.05, 3.63) is 0 Å². The largest absolute Gasteiger partial charge is 0.481 e. The second-order valence-electron chi connectivity index (χ2n) is 6.03. The van der Waals surface area contributed by atoms with Gasteiger partial charge in [-0.15, -0.1) is 0 Å². The van der Waals surface area contributed by atoms with Gasteiger partial charge in [-0.25, -0.2) is 4.79 Å². The number of carbonyl (C=O) groups excluding carboxylic acids is 1. The van der Waals surface area contributed by atoms with Crippen LogP contribution in [0.2, 0.25) is 0 Å². The molecule has 2 aliphatic rings. The third kappa shape index (κ3) is 3.19. The van der Waals surface area contributed by atoms with Crippen LogP contribution in [0.3, 0.4) is 0 Å². The molecule has 0 aromatic heterocycles. The molecule has 1 saturated carbocycles. The average Bonchev–Trinajstić information content (AvgIpc) is 2.77. The smallest absolute Gasteiger partial charge is 0.318 e. The monoisotopic (exact) mass is 268 g/mol. The molecule has 5 nitrogen and oxygen atoms in total. The lowest BCUT2D eigenvalue weighted by Crippen LogP contribution is -2.53. The molecule has 0 aromatic rings. The van der Waals surface area contributed by atoms with Crippen molar-refractivity contribution in [2.24, 2.45) is 5.92 Å². The third-order valence-electron chi connectivity index (χ3n) is 4.54. The lowest BCUT2D eigenvalue weighted by atomic mass is 9.98. The Hall–Kier alpha value is -1.26. The summed E-state index contributed by atoms with van der Waals surface area (Å²) in [6.45, 7) is 4.17. The minimum atomic E-state index is -0.739. The van der Waals surface area contributed by atoms with E-state index in [-0.39, 0.29) is 30.1 Å². The number of rotatable bonds is 2. The van der Waals surface area contributed by atoms with Crippen molar-refractivity contribution in [2.45, 2.75) is 70.5 Å².